The van der Waals surface area contributed by atoms with E-state index in [0.717, 1.165) is 6.08 Å². The normalized spacial score (nSPS) is 11.5. The number of carboxylic acids is 1. The van der Waals surface area contributed by atoms with Crippen LogP contribution in [0.4, 0.5) is 5.69 Å². The number of amides is 1. The summed E-state index contributed by atoms with van der Waals surface area (Å²) < 4.78 is 26.1. The van der Waals surface area contributed by atoms with Crippen molar-refractivity contribution in [2.75, 3.05) is 11.9 Å². The number of aliphatic carboxylic acids is 1. The van der Waals surface area contributed by atoms with E-state index in [9.17, 15) is 18.0 Å². The molecule has 0 spiro atoms. The molecule has 114 valence electrons. The molecule has 0 bridgehead atoms. The fraction of sp³-hybridized carbons (Fsp3) is 0.231. The summed E-state index contributed by atoms with van der Waals surface area (Å²) >= 11 is 0. The Kier molecular flexibility index (Phi) is 6.07. The number of anilines is 1. The highest BCUT2D eigenvalue weighted by Gasteiger charge is 2.12. The van der Waals surface area contributed by atoms with E-state index in [1.807, 2.05) is 6.92 Å². The summed E-state index contributed by atoms with van der Waals surface area (Å²) in [7, 11) is -3.54. The van der Waals surface area contributed by atoms with Gasteiger partial charge in [0.05, 0.1) is 4.90 Å². The lowest BCUT2D eigenvalue weighted by molar-refractivity contribution is -0.131. The Morgan fingerprint density at radius 2 is 1.81 bits per heavy atom. The molecule has 1 aromatic rings. The van der Waals surface area contributed by atoms with Crippen molar-refractivity contribution >= 4 is 27.6 Å². The number of hydrogen-bond donors (Lipinski definition) is 3. The average Bonchev–Trinajstić information content (AvgIpc) is 2.43. The van der Waals surface area contributed by atoms with E-state index in [2.05, 4.69) is 10.0 Å². The molecule has 0 aliphatic rings. The van der Waals surface area contributed by atoms with Crippen LogP contribution in [0.25, 0.3) is 0 Å². The summed E-state index contributed by atoms with van der Waals surface area (Å²) in [6.07, 6.45) is 2.27. The molecule has 1 rings (SSSR count). The Morgan fingerprint density at radius 3 is 2.33 bits per heavy atom. The van der Waals surface area contributed by atoms with Crippen molar-refractivity contribution in [3.63, 3.8) is 0 Å². The van der Waals surface area contributed by atoms with Gasteiger partial charge in [0.1, 0.15) is 0 Å². The largest absolute Gasteiger partial charge is 0.478 e. The van der Waals surface area contributed by atoms with Crippen LogP contribution < -0.4 is 10.0 Å². The first-order valence-corrected chi connectivity index (χ1v) is 7.65. The highest BCUT2D eigenvalue weighted by Crippen LogP contribution is 2.14. The summed E-state index contributed by atoms with van der Waals surface area (Å²) in [5.41, 5.74) is 0.365. The van der Waals surface area contributed by atoms with Crippen molar-refractivity contribution in [1.29, 1.82) is 0 Å². The lowest BCUT2D eigenvalue weighted by Crippen LogP contribution is -2.24. The van der Waals surface area contributed by atoms with Crippen molar-refractivity contribution in [2.24, 2.45) is 0 Å². The number of carboxylic acid groups (broad SMARTS) is 1. The fourth-order valence-corrected chi connectivity index (χ4v) is 2.50. The maximum atomic E-state index is 11.8. The molecule has 0 unspecified atom stereocenters. The Hall–Kier alpha value is -2.19. The first kappa shape index (κ1) is 16.9. The van der Waals surface area contributed by atoms with Crippen molar-refractivity contribution in [3.05, 3.63) is 36.4 Å². The molecule has 3 N–H and O–H groups in total. The zero-order valence-corrected chi connectivity index (χ0v) is 12.2. The van der Waals surface area contributed by atoms with Crippen molar-refractivity contribution in [2.45, 2.75) is 18.2 Å². The van der Waals surface area contributed by atoms with E-state index in [1.54, 1.807) is 0 Å². The minimum absolute atomic E-state index is 0.0926. The first-order valence-electron chi connectivity index (χ1n) is 6.17. The second kappa shape index (κ2) is 7.55. The Balaban J connectivity index is 2.74. The predicted octanol–water partition coefficient (Wildman–Crippen LogP) is 0.954. The summed E-state index contributed by atoms with van der Waals surface area (Å²) in [5.74, 6) is -1.84. The van der Waals surface area contributed by atoms with Gasteiger partial charge < -0.3 is 10.4 Å². The maximum absolute atomic E-state index is 11.8. The molecule has 0 saturated heterocycles. The molecule has 7 nitrogen and oxygen atoms in total. The monoisotopic (exact) mass is 312 g/mol. The molecule has 0 aliphatic heterocycles. The summed E-state index contributed by atoms with van der Waals surface area (Å²) in [5, 5.41) is 10.8. The number of carbonyl (C=O) groups excluding carboxylic acids is 1. The average molecular weight is 312 g/mol. The van der Waals surface area contributed by atoms with Crippen LogP contribution in [-0.4, -0.2) is 31.9 Å². The molecule has 0 atom stereocenters. The van der Waals surface area contributed by atoms with Gasteiger partial charge in [0.2, 0.25) is 15.9 Å². The number of carbonyl (C=O) groups is 2. The van der Waals surface area contributed by atoms with Gasteiger partial charge in [0, 0.05) is 24.4 Å². The van der Waals surface area contributed by atoms with Crippen molar-refractivity contribution in [1.82, 2.24) is 4.72 Å². The van der Waals surface area contributed by atoms with Gasteiger partial charge in [-0.1, -0.05) is 6.92 Å². The van der Waals surface area contributed by atoms with Crippen LogP contribution in [0.3, 0.4) is 0 Å². The van der Waals surface area contributed by atoms with Crippen LogP contribution in [0.1, 0.15) is 13.3 Å². The van der Waals surface area contributed by atoms with Gasteiger partial charge >= 0.3 is 5.97 Å². The molecule has 0 heterocycles. The van der Waals surface area contributed by atoms with Gasteiger partial charge in [0.15, 0.2) is 0 Å². The molecule has 1 amide bonds. The molecule has 1 aromatic carbocycles. The Morgan fingerprint density at radius 1 is 1.19 bits per heavy atom. The maximum Gasteiger partial charge on any atom is 0.328 e. The molecule has 0 fully saturated rings. The van der Waals surface area contributed by atoms with Crippen molar-refractivity contribution < 1.29 is 23.1 Å². The quantitative estimate of drug-likeness (QED) is 0.649. The number of sulfonamides is 1. The van der Waals surface area contributed by atoms with Gasteiger partial charge in [0.25, 0.3) is 0 Å². The molecule has 8 heteroatoms. The molecule has 0 saturated carbocycles. The van der Waals surface area contributed by atoms with Crippen LogP contribution in [-0.2, 0) is 19.6 Å². The molecule has 21 heavy (non-hydrogen) atoms. The highest BCUT2D eigenvalue weighted by atomic mass is 32.2. The third kappa shape index (κ3) is 5.76. The number of rotatable bonds is 7. The fourth-order valence-electron chi connectivity index (χ4n) is 1.37. The third-order valence-corrected chi connectivity index (χ3v) is 3.83. The van der Waals surface area contributed by atoms with E-state index in [-0.39, 0.29) is 4.90 Å². The van der Waals surface area contributed by atoms with Gasteiger partial charge in [-0.05, 0) is 30.7 Å². The van der Waals surface area contributed by atoms with Gasteiger partial charge in [-0.15, -0.1) is 0 Å². The van der Waals surface area contributed by atoms with Crippen LogP contribution in [0.5, 0.6) is 0 Å². The standard InChI is InChI=1S/C13H16N2O5S/c1-2-9-14-21(19,20)11-5-3-10(4-6-11)15-12(16)7-8-13(17)18/h3-8,14H,2,9H2,1H3,(H,15,16)(H,17,18). The van der Waals surface area contributed by atoms with E-state index < -0.39 is 21.9 Å². The predicted molar refractivity (Wildman–Crippen MR) is 77.3 cm³/mol. The van der Waals surface area contributed by atoms with Gasteiger partial charge in [-0.25, -0.2) is 17.9 Å². The molecule has 0 radical (unpaired) electrons. The van der Waals surface area contributed by atoms with E-state index in [1.165, 1.54) is 24.3 Å². The second-order valence-corrected chi connectivity index (χ2v) is 5.85. The Bertz CT molecular complexity index is 635. The lowest BCUT2D eigenvalue weighted by atomic mass is 10.3. The zero-order chi connectivity index (χ0) is 15.9. The number of hydrogen-bond acceptors (Lipinski definition) is 4. The zero-order valence-electron chi connectivity index (χ0n) is 11.4. The SMILES string of the molecule is CCCNS(=O)(=O)c1ccc(NC(=O)C=CC(=O)O)cc1. The Labute approximate surface area is 122 Å². The molecular formula is C13H16N2O5S. The molecule has 0 aromatic heterocycles. The summed E-state index contributed by atoms with van der Waals surface area (Å²) in [4.78, 5) is 21.7. The lowest BCUT2D eigenvalue weighted by Gasteiger charge is -2.07. The van der Waals surface area contributed by atoms with Crippen LogP contribution >= 0.6 is 0 Å². The number of nitrogens with one attached hydrogen (secondary N) is 2. The van der Waals surface area contributed by atoms with Crippen LogP contribution in [0, 0.1) is 0 Å². The minimum Gasteiger partial charge on any atom is -0.478 e. The first-order chi connectivity index (χ1) is 9.85. The number of benzene rings is 1. The van der Waals surface area contributed by atoms with Crippen LogP contribution in [0.15, 0.2) is 41.3 Å². The highest BCUT2D eigenvalue weighted by molar-refractivity contribution is 7.89. The second-order valence-electron chi connectivity index (χ2n) is 4.08. The minimum atomic E-state index is -3.54. The summed E-state index contributed by atoms with van der Waals surface area (Å²) in [6, 6.07) is 5.56. The van der Waals surface area contributed by atoms with Gasteiger partial charge in [-0.2, -0.15) is 0 Å². The third-order valence-electron chi connectivity index (χ3n) is 2.35. The topological polar surface area (TPSA) is 113 Å². The molecular weight excluding hydrogens is 296 g/mol. The van der Waals surface area contributed by atoms with E-state index in [0.29, 0.717) is 24.7 Å². The van der Waals surface area contributed by atoms with E-state index in [4.69, 9.17) is 5.11 Å². The van der Waals surface area contributed by atoms with Crippen molar-refractivity contribution in [3.8, 4) is 0 Å². The van der Waals surface area contributed by atoms with Crippen LogP contribution in [0.2, 0.25) is 0 Å². The smallest absolute Gasteiger partial charge is 0.328 e. The summed E-state index contributed by atoms with van der Waals surface area (Å²) in [6.45, 7) is 2.20. The van der Waals surface area contributed by atoms with E-state index >= 15 is 0 Å². The molecule has 0 aliphatic carbocycles. The van der Waals surface area contributed by atoms with Gasteiger partial charge in [-0.3, -0.25) is 4.79 Å².